The van der Waals surface area contributed by atoms with Gasteiger partial charge in [0.2, 0.25) is 11.8 Å². The highest BCUT2D eigenvalue weighted by atomic mass is 16.5. The van der Waals surface area contributed by atoms with Gasteiger partial charge in [-0.15, -0.1) is 0 Å². The molecule has 4 atom stereocenters. The summed E-state index contributed by atoms with van der Waals surface area (Å²) >= 11 is 0. The van der Waals surface area contributed by atoms with E-state index in [1.807, 2.05) is 38.1 Å². The number of carbonyl (C=O) groups is 4. The summed E-state index contributed by atoms with van der Waals surface area (Å²) in [7, 11) is 0. The number of cyclic esters (lactones) is 1. The Bertz CT molecular complexity index is 1340. The minimum absolute atomic E-state index is 0.226. The molecule has 1 aromatic heterocycles. The normalized spacial score (nSPS) is 26.4. The van der Waals surface area contributed by atoms with E-state index in [9.17, 15) is 19.2 Å². The number of carbonyl (C=O) groups excluding carboxylic acids is 4. The van der Waals surface area contributed by atoms with Crippen molar-refractivity contribution < 1.29 is 23.9 Å². The van der Waals surface area contributed by atoms with Crippen LogP contribution in [0.25, 0.3) is 17.0 Å². The number of aromatic nitrogens is 2. The second-order valence-electron chi connectivity index (χ2n) is 11.4. The molecule has 0 aliphatic carbocycles. The monoisotopic (exact) mass is 550 g/mol. The van der Waals surface area contributed by atoms with Gasteiger partial charge in [0.05, 0.1) is 10.9 Å². The molecule has 1 aromatic carbocycles. The zero-order valence-corrected chi connectivity index (χ0v) is 23.9. The van der Waals surface area contributed by atoms with Crippen LogP contribution in [0.5, 0.6) is 0 Å². The number of hydrogen-bond acceptors (Lipinski definition) is 8. The highest BCUT2D eigenvalue weighted by molar-refractivity contribution is 5.94. The first-order valence-corrected chi connectivity index (χ1v) is 13.7. The molecule has 214 valence electrons. The summed E-state index contributed by atoms with van der Waals surface area (Å²) in [4.78, 5) is 61.7. The fourth-order valence-corrected chi connectivity index (χ4v) is 4.62. The van der Waals surface area contributed by atoms with E-state index in [1.165, 1.54) is 5.01 Å². The van der Waals surface area contributed by atoms with Crippen molar-refractivity contribution >= 4 is 40.7 Å². The van der Waals surface area contributed by atoms with Crippen LogP contribution < -0.4 is 16.1 Å². The second-order valence-corrected chi connectivity index (χ2v) is 11.4. The number of nitrogens with one attached hydrogen (secondary N) is 3. The fourth-order valence-electron chi connectivity index (χ4n) is 4.62. The highest BCUT2D eigenvalue weighted by Gasteiger charge is 2.35. The maximum atomic E-state index is 13.3. The van der Waals surface area contributed by atoms with Gasteiger partial charge in [-0.05, 0) is 58.1 Å². The largest absolute Gasteiger partial charge is 0.453 e. The fraction of sp³-hybridized carbons (Fsp3) is 0.517. The van der Waals surface area contributed by atoms with Crippen molar-refractivity contribution in [3.05, 3.63) is 41.9 Å². The minimum atomic E-state index is -0.936. The lowest BCUT2D eigenvalue weighted by molar-refractivity contribution is -0.157. The molecule has 1 fully saturated rings. The van der Waals surface area contributed by atoms with E-state index in [0.717, 1.165) is 10.9 Å². The van der Waals surface area contributed by atoms with Crippen LogP contribution in [-0.2, 0) is 23.9 Å². The van der Waals surface area contributed by atoms with Gasteiger partial charge in [0.1, 0.15) is 18.1 Å². The van der Waals surface area contributed by atoms with Gasteiger partial charge in [0.25, 0.3) is 5.91 Å². The number of fused-ring (bicyclic) bond motifs is 4. The van der Waals surface area contributed by atoms with Crippen molar-refractivity contribution in [3.63, 3.8) is 0 Å². The predicted octanol–water partition coefficient (Wildman–Crippen LogP) is 2.43. The van der Waals surface area contributed by atoms with Crippen LogP contribution in [0.15, 0.2) is 30.5 Å². The number of hydrogen-bond donors (Lipinski definition) is 3. The molecule has 11 nitrogen and oxygen atoms in total. The van der Waals surface area contributed by atoms with E-state index < -0.39 is 47.4 Å². The van der Waals surface area contributed by atoms with E-state index in [-0.39, 0.29) is 11.8 Å². The Hall–Kier alpha value is -3.86. The zero-order valence-electron chi connectivity index (χ0n) is 23.9. The first-order valence-electron chi connectivity index (χ1n) is 13.7. The quantitative estimate of drug-likeness (QED) is 0.460. The number of hydrazine groups is 1. The summed E-state index contributed by atoms with van der Waals surface area (Å²) in [6, 6.07) is 3.19. The number of amides is 3. The van der Waals surface area contributed by atoms with Crippen LogP contribution in [0.2, 0.25) is 0 Å². The van der Waals surface area contributed by atoms with Crippen LogP contribution in [0, 0.1) is 11.3 Å². The molecule has 40 heavy (non-hydrogen) atoms. The lowest BCUT2D eigenvalue weighted by atomic mass is 9.89. The van der Waals surface area contributed by atoms with Crippen molar-refractivity contribution in [1.29, 1.82) is 0 Å². The highest BCUT2D eigenvalue weighted by Crippen LogP contribution is 2.24. The number of ether oxygens (including phenoxy) is 1. The van der Waals surface area contributed by atoms with Gasteiger partial charge in [0, 0.05) is 18.1 Å². The summed E-state index contributed by atoms with van der Waals surface area (Å²) in [5, 5.41) is 7.76. The maximum absolute atomic E-state index is 13.3. The SMILES string of the molecule is CC1OC(=O)C2CCCN(N2)C(=O)[C@H](C)NC(=O)[C@H](C(C)C)NC(=O)C(C)(C)C=Cc2ccc3cnc1nc3c2. The van der Waals surface area contributed by atoms with Gasteiger partial charge in [0.15, 0.2) is 11.9 Å². The van der Waals surface area contributed by atoms with E-state index in [0.29, 0.717) is 30.7 Å². The van der Waals surface area contributed by atoms with Gasteiger partial charge in [-0.2, -0.15) is 0 Å². The van der Waals surface area contributed by atoms with E-state index >= 15 is 0 Å². The van der Waals surface area contributed by atoms with E-state index in [2.05, 4.69) is 26.0 Å². The molecule has 0 spiro atoms. The Morgan fingerprint density at radius 2 is 1.85 bits per heavy atom. The van der Waals surface area contributed by atoms with Crippen LogP contribution in [-0.4, -0.2) is 63.3 Å². The van der Waals surface area contributed by atoms with Crippen molar-refractivity contribution in [2.45, 2.75) is 78.6 Å². The summed E-state index contributed by atoms with van der Waals surface area (Å²) < 4.78 is 5.68. The number of rotatable bonds is 1. The minimum Gasteiger partial charge on any atom is -0.453 e. The Morgan fingerprint density at radius 1 is 1.10 bits per heavy atom. The van der Waals surface area contributed by atoms with Crippen LogP contribution in [0.3, 0.4) is 0 Å². The number of nitrogens with zero attached hydrogens (tertiary/aromatic N) is 3. The first kappa shape index (κ1) is 29.1. The molecular formula is C29H38N6O5. The van der Waals surface area contributed by atoms with Crippen molar-refractivity contribution in [3.8, 4) is 0 Å². The lowest BCUT2D eigenvalue weighted by Crippen LogP contribution is -2.61. The molecule has 4 rings (SSSR count). The Morgan fingerprint density at radius 3 is 2.58 bits per heavy atom. The molecule has 11 heteroatoms. The average molecular weight is 551 g/mol. The van der Waals surface area contributed by atoms with Crippen LogP contribution >= 0.6 is 0 Å². The smallest absolute Gasteiger partial charge is 0.325 e. The van der Waals surface area contributed by atoms with Gasteiger partial charge < -0.3 is 15.4 Å². The van der Waals surface area contributed by atoms with Crippen molar-refractivity contribution in [1.82, 2.24) is 31.0 Å². The van der Waals surface area contributed by atoms with Gasteiger partial charge in [-0.3, -0.25) is 24.2 Å². The molecular weight excluding hydrogens is 512 g/mol. The molecule has 0 saturated carbocycles. The molecule has 3 amide bonds. The average Bonchev–Trinajstić information content (AvgIpc) is 2.92. The van der Waals surface area contributed by atoms with Gasteiger partial charge in [-0.25, -0.2) is 15.4 Å². The van der Waals surface area contributed by atoms with Crippen molar-refractivity contribution in [2.24, 2.45) is 11.3 Å². The molecule has 3 heterocycles. The molecule has 3 N–H and O–H groups in total. The summed E-state index contributed by atoms with van der Waals surface area (Å²) in [6.07, 6.45) is 5.64. The molecule has 2 aromatic rings. The third-order valence-corrected chi connectivity index (χ3v) is 7.26. The third-order valence-electron chi connectivity index (χ3n) is 7.26. The van der Waals surface area contributed by atoms with Gasteiger partial charge >= 0.3 is 5.97 Å². The molecule has 5 bridgehead atoms. The standard InChI is InChI=1S/C29H38N6O5/c1-16(2)23-25(36)31-17(3)26(37)35-13-7-8-21(34-35)27(38)40-18(4)24-30-15-20-10-9-19(14-22(20)32-24)11-12-29(5,6)28(39)33-23/h9-12,14-18,21,23,34H,7-8,13H2,1-6H3,(H,31,36)(H,33,39)/t17-,18?,21?,23-/m0/s1. The molecule has 0 radical (unpaired) electrons. The number of esters is 1. The third kappa shape index (κ3) is 6.47. The molecule has 1 saturated heterocycles. The summed E-state index contributed by atoms with van der Waals surface area (Å²) in [5.41, 5.74) is 3.51. The topological polar surface area (TPSA) is 143 Å². The Labute approximate surface area is 234 Å². The molecule has 2 unspecified atom stereocenters. The maximum Gasteiger partial charge on any atom is 0.325 e. The summed E-state index contributed by atoms with van der Waals surface area (Å²) in [5.74, 6) is -1.56. The van der Waals surface area contributed by atoms with Crippen LogP contribution in [0.4, 0.5) is 0 Å². The Balaban J connectivity index is 1.70. The Kier molecular flexibility index (Phi) is 8.53. The van der Waals surface area contributed by atoms with E-state index in [4.69, 9.17) is 4.74 Å². The van der Waals surface area contributed by atoms with E-state index in [1.54, 1.807) is 40.0 Å². The summed E-state index contributed by atoms with van der Waals surface area (Å²) in [6.45, 7) is 10.9. The molecule has 2 aliphatic heterocycles. The lowest BCUT2D eigenvalue weighted by Gasteiger charge is -2.35. The van der Waals surface area contributed by atoms with Crippen LogP contribution in [0.1, 0.15) is 71.9 Å². The van der Waals surface area contributed by atoms with Crippen molar-refractivity contribution in [2.75, 3.05) is 6.54 Å². The van der Waals surface area contributed by atoms with Gasteiger partial charge in [-0.1, -0.05) is 38.1 Å². The zero-order chi connectivity index (χ0) is 29.2. The first-order chi connectivity index (χ1) is 18.9. The second kappa shape index (κ2) is 11.7. The molecule has 2 aliphatic rings. The number of benzene rings is 1. The predicted molar refractivity (Wildman–Crippen MR) is 149 cm³/mol.